The first-order chi connectivity index (χ1) is 13.1. The van der Waals surface area contributed by atoms with Gasteiger partial charge in [-0.3, -0.25) is 4.99 Å². The van der Waals surface area contributed by atoms with Crippen LogP contribution in [0.15, 0.2) is 64.0 Å². The summed E-state index contributed by atoms with van der Waals surface area (Å²) in [5.74, 6) is 0.0945. The van der Waals surface area contributed by atoms with E-state index in [1.807, 2.05) is 5.38 Å². The number of aromatic nitrogens is 1. The van der Waals surface area contributed by atoms with Crippen LogP contribution in [0.2, 0.25) is 0 Å². The third-order valence-corrected chi connectivity index (χ3v) is 4.52. The number of halogens is 2. The molecule has 0 radical (unpaired) electrons. The zero-order valence-corrected chi connectivity index (χ0v) is 15.0. The summed E-state index contributed by atoms with van der Waals surface area (Å²) < 4.78 is 30.6. The molecule has 2 aromatic carbocycles. The van der Waals surface area contributed by atoms with Gasteiger partial charge >= 0.3 is 6.61 Å². The molecule has 0 atom stereocenters. The molecule has 3 aromatic rings. The van der Waals surface area contributed by atoms with Gasteiger partial charge in [0.25, 0.3) is 0 Å². The van der Waals surface area contributed by atoms with Gasteiger partial charge in [0.1, 0.15) is 5.75 Å². The van der Waals surface area contributed by atoms with Gasteiger partial charge in [-0.15, -0.1) is 11.3 Å². The molecule has 0 aliphatic heterocycles. The van der Waals surface area contributed by atoms with Crippen molar-refractivity contribution in [3.63, 3.8) is 0 Å². The Kier molecular flexibility index (Phi) is 5.74. The maximum Gasteiger partial charge on any atom is 0.387 e. The molecule has 3 rings (SSSR count). The Bertz CT molecular complexity index is 1050. The number of hydrogen-bond acceptors (Lipinski definition) is 5. The van der Waals surface area contributed by atoms with E-state index in [1.54, 1.807) is 54.3 Å². The highest BCUT2D eigenvalue weighted by Crippen LogP contribution is 2.24. The van der Waals surface area contributed by atoms with E-state index in [2.05, 4.69) is 20.9 Å². The zero-order chi connectivity index (χ0) is 19.2. The number of rotatable bonds is 5. The van der Waals surface area contributed by atoms with Crippen LogP contribution in [-0.4, -0.2) is 24.5 Å². The summed E-state index contributed by atoms with van der Waals surface area (Å²) in [6, 6.07) is 15.4. The van der Waals surface area contributed by atoms with Gasteiger partial charge in [-0.05, 0) is 42.0 Å². The molecule has 0 aliphatic carbocycles. The van der Waals surface area contributed by atoms with Crippen molar-refractivity contribution in [1.82, 2.24) is 4.68 Å². The van der Waals surface area contributed by atoms with Crippen molar-refractivity contribution in [2.45, 2.75) is 6.61 Å². The third kappa shape index (κ3) is 4.46. The highest BCUT2D eigenvalue weighted by Gasteiger charge is 2.09. The van der Waals surface area contributed by atoms with Crippen LogP contribution < -0.4 is 9.54 Å². The number of benzene rings is 2. The Hall–Kier alpha value is -3.31. The van der Waals surface area contributed by atoms with E-state index in [9.17, 15) is 8.78 Å². The Morgan fingerprint density at radius 3 is 2.44 bits per heavy atom. The van der Waals surface area contributed by atoms with Crippen molar-refractivity contribution in [2.75, 3.05) is 7.05 Å². The Labute approximate surface area is 158 Å². The first-order valence-electron chi connectivity index (χ1n) is 7.84. The molecule has 136 valence electrons. The number of hydrogen-bond donors (Lipinski definition) is 0. The second-order valence-corrected chi connectivity index (χ2v) is 6.16. The van der Waals surface area contributed by atoms with Crippen molar-refractivity contribution in [3.05, 3.63) is 69.8 Å². The fourth-order valence-corrected chi connectivity index (χ4v) is 3.14. The highest BCUT2D eigenvalue weighted by molar-refractivity contribution is 7.07. The van der Waals surface area contributed by atoms with Crippen LogP contribution in [0.3, 0.4) is 0 Å². The number of thiazole rings is 1. The molecule has 1 heterocycles. The van der Waals surface area contributed by atoms with Crippen molar-refractivity contribution in [1.29, 1.82) is 5.26 Å². The highest BCUT2D eigenvalue weighted by atomic mass is 32.1. The monoisotopic (exact) mass is 384 g/mol. The molecule has 0 N–H and O–H groups in total. The molecular weight excluding hydrogens is 370 g/mol. The molecule has 0 saturated heterocycles. The molecule has 0 spiro atoms. The molecular formula is C19H14F2N4OS. The van der Waals surface area contributed by atoms with Gasteiger partial charge in [0.05, 0.1) is 23.5 Å². The van der Waals surface area contributed by atoms with E-state index in [0.717, 1.165) is 16.8 Å². The van der Waals surface area contributed by atoms with E-state index >= 15 is 0 Å². The van der Waals surface area contributed by atoms with Crippen LogP contribution in [0.25, 0.3) is 11.3 Å². The minimum Gasteiger partial charge on any atom is -0.435 e. The number of nitriles is 1. The average Bonchev–Trinajstić information content (AvgIpc) is 3.10. The van der Waals surface area contributed by atoms with E-state index in [0.29, 0.717) is 10.4 Å². The molecule has 0 bridgehead atoms. The minimum absolute atomic E-state index is 0.0945. The molecule has 0 amide bonds. The zero-order valence-electron chi connectivity index (χ0n) is 14.2. The van der Waals surface area contributed by atoms with E-state index in [4.69, 9.17) is 5.26 Å². The van der Waals surface area contributed by atoms with Gasteiger partial charge in [-0.1, -0.05) is 12.1 Å². The summed E-state index contributed by atoms with van der Waals surface area (Å²) in [7, 11) is 1.67. The average molecular weight is 384 g/mol. The molecule has 0 saturated carbocycles. The number of nitrogens with zero attached hydrogens (tertiary/aromatic N) is 4. The summed E-state index contributed by atoms with van der Waals surface area (Å²) in [6.07, 6.45) is 1.67. The summed E-state index contributed by atoms with van der Waals surface area (Å²) in [4.78, 5) is 4.90. The normalized spacial score (nSPS) is 11.9. The fourth-order valence-electron chi connectivity index (χ4n) is 2.34. The van der Waals surface area contributed by atoms with Crippen molar-refractivity contribution in [2.24, 2.45) is 10.1 Å². The van der Waals surface area contributed by atoms with Gasteiger partial charge < -0.3 is 4.74 Å². The lowest BCUT2D eigenvalue weighted by molar-refractivity contribution is -0.0498. The third-order valence-electron chi connectivity index (χ3n) is 3.61. The molecule has 1 aromatic heterocycles. The van der Waals surface area contributed by atoms with Crippen LogP contribution >= 0.6 is 11.3 Å². The Morgan fingerprint density at radius 2 is 1.85 bits per heavy atom. The van der Waals surface area contributed by atoms with Crippen LogP contribution in [0, 0.1) is 11.3 Å². The molecule has 27 heavy (non-hydrogen) atoms. The molecule has 0 aliphatic rings. The van der Waals surface area contributed by atoms with Crippen molar-refractivity contribution >= 4 is 17.6 Å². The maximum absolute atomic E-state index is 12.3. The first-order valence-corrected chi connectivity index (χ1v) is 8.72. The second-order valence-electron chi connectivity index (χ2n) is 5.32. The summed E-state index contributed by atoms with van der Waals surface area (Å²) >= 11 is 1.42. The smallest absolute Gasteiger partial charge is 0.387 e. The predicted molar refractivity (Wildman–Crippen MR) is 100 cm³/mol. The van der Waals surface area contributed by atoms with Crippen LogP contribution in [0.5, 0.6) is 5.75 Å². The lowest BCUT2D eigenvalue weighted by Crippen LogP contribution is -2.11. The summed E-state index contributed by atoms with van der Waals surface area (Å²) in [5.41, 5.74) is 2.97. The number of ether oxygens (including phenoxy) is 1. The minimum atomic E-state index is -2.86. The lowest BCUT2D eigenvalue weighted by atomic mass is 10.1. The lowest BCUT2D eigenvalue weighted by Gasteiger charge is -2.06. The summed E-state index contributed by atoms with van der Waals surface area (Å²) in [6.45, 7) is -2.86. The van der Waals surface area contributed by atoms with Crippen molar-refractivity contribution < 1.29 is 13.5 Å². The molecule has 0 fully saturated rings. The van der Waals surface area contributed by atoms with Crippen LogP contribution in [0.1, 0.15) is 11.1 Å². The van der Waals surface area contributed by atoms with Crippen LogP contribution in [0.4, 0.5) is 8.78 Å². The topological polar surface area (TPSA) is 62.7 Å². The largest absolute Gasteiger partial charge is 0.435 e. The molecule has 0 unspecified atom stereocenters. The van der Waals surface area contributed by atoms with Gasteiger partial charge in [0.2, 0.25) is 4.80 Å². The van der Waals surface area contributed by atoms with Gasteiger partial charge in [-0.25, -0.2) is 4.68 Å². The Morgan fingerprint density at radius 1 is 1.15 bits per heavy atom. The van der Waals surface area contributed by atoms with Crippen molar-refractivity contribution in [3.8, 4) is 23.1 Å². The SMILES string of the molecule is CN=c1scc(-c2ccc(OC(F)F)cc2)n1/N=C/c1ccc(C#N)cc1. The van der Waals surface area contributed by atoms with E-state index < -0.39 is 6.61 Å². The van der Waals surface area contributed by atoms with E-state index in [-0.39, 0.29) is 5.75 Å². The quantitative estimate of drug-likeness (QED) is 0.622. The predicted octanol–water partition coefficient (Wildman–Crippen LogP) is 4.10. The summed E-state index contributed by atoms with van der Waals surface area (Å²) in [5, 5.41) is 15.2. The first kappa shape index (κ1) is 18.5. The van der Waals surface area contributed by atoms with Gasteiger partial charge in [0.15, 0.2) is 0 Å². The molecule has 8 heteroatoms. The molecule has 5 nitrogen and oxygen atoms in total. The number of alkyl halides is 2. The fraction of sp³-hybridized carbons (Fsp3) is 0.105. The maximum atomic E-state index is 12.3. The van der Waals surface area contributed by atoms with E-state index in [1.165, 1.54) is 23.5 Å². The van der Waals surface area contributed by atoms with Gasteiger partial charge in [-0.2, -0.15) is 19.1 Å². The van der Waals surface area contributed by atoms with Crippen LogP contribution in [-0.2, 0) is 0 Å². The Balaban J connectivity index is 1.93. The standard InChI is InChI=1S/C19H14F2N4OS/c1-23-19-25(24-11-14-4-2-13(10-22)3-5-14)17(12-27-19)15-6-8-16(9-7-15)26-18(20)21/h2-9,11-12,18H,1H3/b23-19?,24-11+. The van der Waals surface area contributed by atoms with Gasteiger partial charge in [0, 0.05) is 18.0 Å². The second kappa shape index (κ2) is 8.38.